The normalized spacial score (nSPS) is 11.5. The van der Waals surface area contributed by atoms with Gasteiger partial charge in [-0.2, -0.15) is 0 Å². The van der Waals surface area contributed by atoms with Gasteiger partial charge in [0.1, 0.15) is 10.8 Å². The first kappa shape index (κ1) is 13.7. The third-order valence-electron chi connectivity index (χ3n) is 2.87. The molecule has 1 aromatic carbocycles. The number of nitrogens with zero attached hydrogens (tertiary/aromatic N) is 1. The zero-order valence-corrected chi connectivity index (χ0v) is 12.3. The van der Waals surface area contributed by atoms with Crippen molar-refractivity contribution in [2.75, 3.05) is 11.5 Å². The zero-order chi connectivity index (χ0) is 14.0. The Kier molecular flexibility index (Phi) is 3.71. The predicted molar refractivity (Wildman–Crippen MR) is 82.3 cm³/mol. The van der Waals surface area contributed by atoms with Crippen LogP contribution in [0.25, 0.3) is 0 Å². The molecule has 0 amide bonds. The monoisotopic (exact) mass is 273 g/mol. The quantitative estimate of drug-likeness (QED) is 0.875. The third-order valence-corrected chi connectivity index (χ3v) is 3.82. The number of nitrogen functional groups attached to an aromatic ring is 2. The van der Waals surface area contributed by atoms with E-state index in [9.17, 15) is 0 Å². The SMILES string of the molecule is CC(C)(C)c1ccc(Sc2ccc(N)c(N)n2)cc1. The lowest BCUT2D eigenvalue weighted by molar-refractivity contribution is 0.590. The molecule has 3 nitrogen and oxygen atoms in total. The molecule has 0 saturated carbocycles. The van der Waals surface area contributed by atoms with Crippen LogP contribution in [-0.2, 0) is 5.41 Å². The second-order valence-electron chi connectivity index (χ2n) is 5.50. The zero-order valence-electron chi connectivity index (χ0n) is 11.5. The topological polar surface area (TPSA) is 64.9 Å². The number of benzene rings is 1. The highest BCUT2D eigenvalue weighted by molar-refractivity contribution is 7.99. The van der Waals surface area contributed by atoms with E-state index in [1.807, 2.05) is 6.07 Å². The molecule has 2 rings (SSSR count). The smallest absolute Gasteiger partial charge is 0.147 e. The number of hydrogen-bond acceptors (Lipinski definition) is 4. The minimum absolute atomic E-state index is 0.174. The van der Waals surface area contributed by atoms with E-state index in [1.165, 1.54) is 5.56 Å². The van der Waals surface area contributed by atoms with Gasteiger partial charge in [-0.05, 0) is 35.2 Å². The van der Waals surface area contributed by atoms with Gasteiger partial charge in [-0.25, -0.2) is 4.98 Å². The Morgan fingerprint density at radius 3 is 2.11 bits per heavy atom. The minimum Gasteiger partial charge on any atom is -0.396 e. The highest BCUT2D eigenvalue weighted by Crippen LogP contribution is 2.30. The lowest BCUT2D eigenvalue weighted by Crippen LogP contribution is -2.10. The van der Waals surface area contributed by atoms with Crippen LogP contribution >= 0.6 is 11.8 Å². The van der Waals surface area contributed by atoms with E-state index in [2.05, 4.69) is 50.0 Å². The molecule has 4 N–H and O–H groups in total. The van der Waals surface area contributed by atoms with Crippen molar-refractivity contribution < 1.29 is 0 Å². The average Bonchev–Trinajstić information content (AvgIpc) is 2.33. The second-order valence-corrected chi connectivity index (χ2v) is 6.59. The summed E-state index contributed by atoms with van der Waals surface area (Å²) >= 11 is 1.58. The number of hydrogen-bond donors (Lipinski definition) is 2. The minimum atomic E-state index is 0.174. The summed E-state index contributed by atoms with van der Waals surface area (Å²) in [6.07, 6.45) is 0. The van der Waals surface area contributed by atoms with Crippen LogP contribution in [0.1, 0.15) is 26.3 Å². The number of rotatable bonds is 2. The molecule has 0 aliphatic heterocycles. The highest BCUT2D eigenvalue weighted by atomic mass is 32.2. The number of nitrogens with two attached hydrogens (primary N) is 2. The van der Waals surface area contributed by atoms with E-state index in [-0.39, 0.29) is 5.41 Å². The van der Waals surface area contributed by atoms with Gasteiger partial charge in [-0.3, -0.25) is 0 Å². The summed E-state index contributed by atoms with van der Waals surface area (Å²) in [6.45, 7) is 6.62. The number of aromatic nitrogens is 1. The van der Waals surface area contributed by atoms with Gasteiger partial charge >= 0.3 is 0 Å². The second kappa shape index (κ2) is 5.13. The molecule has 19 heavy (non-hydrogen) atoms. The summed E-state index contributed by atoms with van der Waals surface area (Å²) in [5.74, 6) is 0.385. The molecule has 0 bridgehead atoms. The van der Waals surface area contributed by atoms with Gasteiger partial charge in [0.05, 0.1) is 5.69 Å². The Morgan fingerprint density at radius 1 is 0.947 bits per heavy atom. The van der Waals surface area contributed by atoms with E-state index >= 15 is 0 Å². The third kappa shape index (κ3) is 3.41. The van der Waals surface area contributed by atoms with Crippen molar-refractivity contribution in [3.05, 3.63) is 42.0 Å². The van der Waals surface area contributed by atoms with Gasteiger partial charge in [0, 0.05) is 4.90 Å². The van der Waals surface area contributed by atoms with Crippen LogP contribution in [0.4, 0.5) is 11.5 Å². The molecule has 2 aromatic rings. The molecule has 0 fully saturated rings. The van der Waals surface area contributed by atoms with E-state index in [0.29, 0.717) is 11.5 Å². The molecule has 0 aliphatic rings. The van der Waals surface area contributed by atoms with Gasteiger partial charge in [-0.15, -0.1) is 0 Å². The van der Waals surface area contributed by atoms with Gasteiger partial charge in [0.15, 0.2) is 0 Å². The molecule has 0 atom stereocenters. The van der Waals surface area contributed by atoms with Crippen LogP contribution in [0.15, 0.2) is 46.3 Å². The Labute approximate surface area is 118 Å². The summed E-state index contributed by atoms with van der Waals surface area (Å²) in [5.41, 5.74) is 13.4. The fraction of sp³-hybridized carbons (Fsp3) is 0.267. The van der Waals surface area contributed by atoms with E-state index in [0.717, 1.165) is 9.92 Å². The Hall–Kier alpha value is -1.68. The van der Waals surface area contributed by atoms with Crippen LogP contribution in [0.2, 0.25) is 0 Å². The van der Waals surface area contributed by atoms with Crippen LogP contribution in [0.3, 0.4) is 0 Å². The van der Waals surface area contributed by atoms with E-state index < -0.39 is 0 Å². The van der Waals surface area contributed by atoms with E-state index in [4.69, 9.17) is 11.5 Å². The fourth-order valence-corrected chi connectivity index (χ4v) is 2.46. The number of anilines is 2. The summed E-state index contributed by atoms with van der Waals surface area (Å²) in [4.78, 5) is 5.40. The summed E-state index contributed by atoms with van der Waals surface area (Å²) in [5, 5.41) is 0.857. The van der Waals surface area contributed by atoms with Crippen molar-refractivity contribution in [1.82, 2.24) is 4.98 Å². The largest absolute Gasteiger partial charge is 0.396 e. The van der Waals surface area contributed by atoms with Gasteiger partial charge < -0.3 is 11.5 Å². The van der Waals surface area contributed by atoms with Crippen LogP contribution in [0, 0.1) is 0 Å². The summed E-state index contributed by atoms with van der Waals surface area (Å²) in [7, 11) is 0. The van der Waals surface area contributed by atoms with Crippen molar-refractivity contribution in [1.29, 1.82) is 0 Å². The molecule has 4 heteroatoms. The van der Waals surface area contributed by atoms with Crippen molar-refractivity contribution >= 4 is 23.3 Å². The Morgan fingerprint density at radius 2 is 1.58 bits per heavy atom. The first-order chi connectivity index (χ1) is 8.86. The summed E-state index contributed by atoms with van der Waals surface area (Å²) in [6, 6.07) is 12.2. The molecule has 0 radical (unpaired) electrons. The maximum atomic E-state index is 5.71. The van der Waals surface area contributed by atoms with E-state index in [1.54, 1.807) is 17.8 Å². The lowest BCUT2D eigenvalue weighted by atomic mass is 9.87. The molecule has 0 saturated heterocycles. The first-order valence-electron chi connectivity index (χ1n) is 6.16. The van der Waals surface area contributed by atoms with Gasteiger partial charge in [-0.1, -0.05) is 44.7 Å². The average molecular weight is 273 g/mol. The first-order valence-corrected chi connectivity index (χ1v) is 6.98. The molecule has 0 unspecified atom stereocenters. The Balaban J connectivity index is 2.17. The van der Waals surface area contributed by atoms with Crippen LogP contribution < -0.4 is 11.5 Å². The van der Waals surface area contributed by atoms with Crippen molar-refractivity contribution in [3.8, 4) is 0 Å². The standard InChI is InChI=1S/C15H19N3S/c1-15(2,3)10-4-6-11(7-5-10)19-13-9-8-12(16)14(17)18-13/h4-9H,16H2,1-3H3,(H2,17,18). The van der Waals surface area contributed by atoms with Crippen LogP contribution in [-0.4, -0.2) is 4.98 Å². The Bertz CT molecular complexity index is 571. The maximum absolute atomic E-state index is 5.71. The van der Waals surface area contributed by atoms with Crippen molar-refractivity contribution in [3.63, 3.8) is 0 Å². The van der Waals surface area contributed by atoms with Crippen LogP contribution in [0.5, 0.6) is 0 Å². The molecule has 1 heterocycles. The molecule has 1 aromatic heterocycles. The highest BCUT2D eigenvalue weighted by Gasteiger charge is 2.13. The predicted octanol–water partition coefficient (Wildman–Crippen LogP) is 3.69. The molecule has 100 valence electrons. The molecular formula is C15H19N3S. The van der Waals surface area contributed by atoms with Gasteiger partial charge in [0.25, 0.3) is 0 Å². The van der Waals surface area contributed by atoms with Crippen molar-refractivity contribution in [2.24, 2.45) is 0 Å². The summed E-state index contributed by atoms with van der Waals surface area (Å²) < 4.78 is 0. The maximum Gasteiger partial charge on any atom is 0.147 e. The van der Waals surface area contributed by atoms with Crippen molar-refractivity contribution in [2.45, 2.75) is 36.1 Å². The van der Waals surface area contributed by atoms with Gasteiger partial charge in [0.2, 0.25) is 0 Å². The molecule has 0 aliphatic carbocycles. The fourth-order valence-electron chi connectivity index (χ4n) is 1.67. The number of pyridine rings is 1. The molecular weight excluding hydrogens is 254 g/mol. The lowest BCUT2D eigenvalue weighted by Gasteiger charge is -2.19. The molecule has 0 spiro atoms.